The van der Waals surface area contributed by atoms with Crippen molar-refractivity contribution in [3.63, 3.8) is 0 Å². The Labute approximate surface area is 439 Å². The van der Waals surface area contributed by atoms with Crippen LogP contribution < -0.4 is 9.64 Å². The van der Waals surface area contributed by atoms with Crippen molar-refractivity contribution in [2.45, 2.75) is 5.41 Å². The monoisotopic (exact) mass is 967 g/mol. The summed E-state index contributed by atoms with van der Waals surface area (Å²) in [5.74, 6) is 1.78. The average Bonchev–Trinajstić information content (AvgIpc) is 4.18. The van der Waals surface area contributed by atoms with Crippen molar-refractivity contribution in [2.24, 2.45) is 0 Å². The van der Waals surface area contributed by atoms with Crippen molar-refractivity contribution in [1.82, 2.24) is 0 Å². The number of fused-ring (bicyclic) bond motifs is 17. The minimum Gasteiger partial charge on any atom is -0.457 e. The highest BCUT2D eigenvalue weighted by molar-refractivity contribution is 6.21. The first-order valence-corrected chi connectivity index (χ1v) is 26.1. The Morgan fingerprint density at radius 1 is 0.303 bits per heavy atom. The number of hydrogen-bond donors (Lipinski definition) is 0. The van der Waals surface area contributed by atoms with Crippen molar-refractivity contribution in [3.8, 4) is 56.0 Å². The van der Waals surface area contributed by atoms with Gasteiger partial charge < -0.3 is 14.1 Å². The zero-order valence-electron chi connectivity index (χ0n) is 41.2. The minimum absolute atomic E-state index is 0.543. The van der Waals surface area contributed by atoms with Gasteiger partial charge in [0, 0.05) is 50.4 Å². The van der Waals surface area contributed by atoms with E-state index in [2.05, 4.69) is 278 Å². The Bertz CT molecular complexity index is 4620. The van der Waals surface area contributed by atoms with Crippen LogP contribution in [-0.4, -0.2) is 0 Å². The molecule has 0 radical (unpaired) electrons. The quantitative estimate of drug-likeness (QED) is 0.155. The zero-order valence-corrected chi connectivity index (χ0v) is 41.2. The molecule has 0 saturated carbocycles. The molecule has 0 unspecified atom stereocenters. The number of ether oxygens (including phenoxy) is 1. The van der Waals surface area contributed by atoms with Gasteiger partial charge in [0.25, 0.3) is 0 Å². The molecule has 76 heavy (non-hydrogen) atoms. The molecule has 0 bridgehead atoms. The third-order valence-corrected chi connectivity index (χ3v) is 16.3. The molecule has 16 rings (SSSR count). The van der Waals surface area contributed by atoms with E-state index in [1.54, 1.807) is 0 Å². The van der Waals surface area contributed by atoms with Crippen molar-refractivity contribution in [1.29, 1.82) is 0 Å². The van der Waals surface area contributed by atoms with Crippen LogP contribution in [0.15, 0.2) is 277 Å². The Kier molecular flexibility index (Phi) is 9.25. The number of nitrogens with zero attached hydrogens (tertiary/aromatic N) is 1. The first-order valence-electron chi connectivity index (χ1n) is 26.1. The van der Waals surface area contributed by atoms with Crippen LogP contribution in [0.5, 0.6) is 11.5 Å². The molecule has 3 heteroatoms. The summed E-state index contributed by atoms with van der Waals surface area (Å²) in [4.78, 5) is 2.37. The van der Waals surface area contributed by atoms with E-state index in [4.69, 9.17) is 9.15 Å². The van der Waals surface area contributed by atoms with Crippen molar-refractivity contribution >= 4 is 71.3 Å². The van der Waals surface area contributed by atoms with E-state index in [0.717, 1.165) is 89.1 Å². The fourth-order valence-electron chi connectivity index (χ4n) is 13.0. The summed E-state index contributed by atoms with van der Waals surface area (Å²) in [5, 5.41) is 9.46. The number of hydrogen-bond acceptors (Lipinski definition) is 3. The lowest BCUT2D eigenvalue weighted by atomic mass is 9.66. The molecule has 0 saturated heterocycles. The SMILES string of the molecule is c1ccc(-c2cc3ccccc3c3oc4cc(N(c5ccc(-c6cccc7c6-c6ccccc6C76c7ccccc7Oc7ccccc76)cc5)c5ccc(-c6cc7ccccc7c7ccccc67)cc5)ccc4c23)cc1. The van der Waals surface area contributed by atoms with Gasteiger partial charge in [-0.3, -0.25) is 0 Å². The molecule has 0 atom stereocenters. The Hall–Kier alpha value is -9.96. The van der Waals surface area contributed by atoms with Crippen LogP contribution in [0.1, 0.15) is 22.3 Å². The molecule has 3 nitrogen and oxygen atoms in total. The van der Waals surface area contributed by atoms with Gasteiger partial charge in [0.05, 0.1) is 5.41 Å². The highest BCUT2D eigenvalue weighted by Gasteiger charge is 2.51. The molecule has 1 aliphatic heterocycles. The van der Waals surface area contributed by atoms with Gasteiger partial charge in [0.1, 0.15) is 22.7 Å². The van der Waals surface area contributed by atoms with E-state index in [0.29, 0.717) is 0 Å². The molecule has 1 spiro atoms. The summed E-state index contributed by atoms with van der Waals surface area (Å²) in [7, 11) is 0. The summed E-state index contributed by atoms with van der Waals surface area (Å²) in [6.45, 7) is 0. The first kappa shape index (κ1) is 42.5. The van der Waals surface area contributed by atoms with Crippen LogP contribution in [0.2, 0.25) is 0 Å². The smallest absolute Gasteiger partial charge is 0.143 e. The topological polar surface area (TPSA) is 25.6 Å². The van der Waals surface area contributed by atoms with Crippen LogP contribution in [0, 0.1) is 0 Å². The molecular weight excluding hydrogens is 923 g/mol. The molecule has 354 valence electrons. The molecule has 13 aromatic carbocycles. The molecular formula is C73H45NO2. The normalized spacial score (nSPS) is 12.9. The average molecular weight is 968 g/mol. The maximum Gasteiger partial charge on any atom is 0.143 e. The van der Waals surface area contributed by atoms with Gasteiger partial charge in [-0.2, -0.15) is 0 Å². The fourth-order valence-corrected chi connectivity index (χ4v) is 13.0. The van der Waals surface area contributed by atoms with Crippen LogP contribution in [-0.2, 0) is 5.41 Å². The van der Waals surface area contributed by atoms with Crippen LogP contribution >= 0.6 is 0 Å². The lowest BCUT2D eigenvalue weighted by Gasteiger charge is -2.39. The van der Waals surface area contributed by atoms with E-state index in [1.807, 2.05) is 0 Å². The van der Waals surface area contributed by atoms with Crippen LogP contribution in [0.4, 0.5) is 17.1 Å². The lowest BCUT2D eigenvalue weighted by molar-refractivity contribution is 0.436. The maximum absolute atomic E-state index is 7.05. The number of rotatable bonds is 6. The summed E-state index contributed by atoms with van der Waals surface area (Å²) in [6, 6.07) is 99.3. The number of para-hydroxylation sites is 2. The Morgan fingerprint density at radius 2 is 0.816 bits per heavy atom. The molecule has 0 fully saturated rings. The third kappa shape index (κ3) is 6.17. The van der Waals surface area contributed by atoms with Crippen molar-refractivity contribution in [2.75, 3.05) is 4.90 Å². The van der Waals surface area contributed by atoms with Gasteiger partial charge in [-0.25, -0.2) is 0 Å². The Balaban J connectivity index is 0.868. The summed E-state index contributed by atoms with van der Waals surface area (Å²) < 4.78 is 13.7. The van der Waals surface area contributed by atoms with E-state index >= 15 is 0 Å². The maximum atomic E-state index is 7.05. The molecule has 0 amide bonds. The lowest BCUT2D eigenvalue weighted by Crippen LogP contribution is -2.32. The number of benzene rings is 13. The van der Waals surface area contributed by atoms with E-state index < -0.39 is 5.41 Å². The highest BCUT2D eigenvalue weighted by Crippen LogP contribution is 2.63. The highest BCUT2D eigenvalue weighted by atomic mass is 16.5. The van der Waals surface area contributed by atoms with Gasteiger partial charge >= 0.3 is 0 Å². The van der Waals surface area contributed by atoms with Crippen molar-refractivity contribution < 1.29 is 9.15 Å². The molecule has 2 heterocycles. The zero-order chi connectivity index (χ0) is 49.9. The van der Waals surface area contributed by atoms with Crippen molar-refractivity contribution in [3.05, 3.63) is 295 Å². The van der Waals surface area contributed by atoms with Gasteiger partial charge in [-0.05, 0) is 143 Å². The predicted molar refractivity (Wildman–Crippen MR) is 315 cm³/mol. The second-order valence-corrected chi connectivity index (χ2v) is 20.2. The fraction of sp³-hybridized carbons (Fsp3) is 0.0137. The Morgan fingerprint density at radius 3 is 1.54 bits per heavy atom. The molecule has 1 aliphatic carbocycles. The second-order valence-electron chi connectivity index (χ2n) is 20.2. The standard InChI is InChI=1S/C73H45NO2/c1-2-17-46(18-3-1)62-44-50-20-5-7-22-56(50)72-71(62)60-42-41-53(45-69(60)76-72)74(52-39-35-48(36-40-52)61-43-49-19-4-6-21-54(49)57-23-8-9-24-58(57)61)51-37-33-47(34-38-51)55-26-16-30-66-70(55)59-25-10-11-27-63(59)73(66)64-28-12-14-31-67(64)75-68-32-15-13-29-65(68)73/h1-45H. The largest absolute Gasteiger partial charge is 0.457 e. The summed E-state index contributed by atoms with van der Waals surface area (Å²) in [6.07, 6.45) is 0. The van der Waals surface area contributed by atoms with Gasteiger partial charge in [-0.15, -0.1) is 0 Å². The molecule has 1 aromatic heterocycles. The van der Waals surface area contributed by atoms with Gasteiger partial charge in [0.15, 0.2) is 0 Å². The van der Waals surface area contributed by atoms with Crippen LogP contribution in [0.3, 0.4) is 0 Å². The third-order valence-electron chi connectivity index (χ3n) is 16.3. The number of furan rings is 1. The molecule has 14 aromatic rings. The van der Waals surface area contributed by atoms with Gasteiger partial charge in [-0.1, -0.05) is 206 Å². The number of anilines is 3. The van der Waals surface area contributed by atoms with Crippen LogP contribution in [0.25, 0.3) is 98.8 Å². The first-order chi connectivity index (χ1) is 37.7. The summed E-state index contributed by atoms with van der Waals surface area (Å²) >= 11 is 0. The minimum atomic E-state index is -0.543. The molecule has 2 aliphatic rings. The van der Waals surface area contributed by atoms with E-state index in [1.165, 1.54) is 60.5 Å². The molecule has 0 N–H and O–H groups in total. The van der Waals surface area contributed by atoms with E-state index in [-0.39, 0.29) is 0 Å². The summed E-state index contributed by atoms with van der Waals surface area (Å²) in [5.41, 5.74) is 18.7. The second kappa shape index (κ2) is 16.5. The van der Waals surface area contributed by atoms with Gasteiger partial charge in [0.2, 0.25) is 0 Å². The predicted octanol–water partition coefficient (Wildman–Crippen LogP) is 20.0. The van der Waals surface area contributed by atoms with E-state index in [9.17, 15) is 0 Å².